The monoisotopic (exact) mass is 632 g/mol. The summed E-state index contributed by atoms with van der Waals surface area (Å²) in [6.45, 7) is 3.69. The van der Waals surface area contributed by atoms with Crippen LogP contribution in [-0.4, -0.2) is 87.5 Å². The molecule has 0 spiro atoms. The molecule has 0 saturated carbocycles. The Bertz CT molecular complexity index is 667. The van der Waals surface area contributed by atoms with Crippen LogP contribution in [0, 0.1) is 0 Å². The number of rotatable bonds is 29. The molecule has 9 nitrogen and oxygen atoms in total. The third-order valence-corrected chi connectivity index (χ3v) is 8.96. The molecule has 0 bridgehead atoms. The average Bonchev–Trinajstić information content (AvgIpc) is 3.02. The van der Waals surface area contributed by atoms with Crippen molar-refractivity contribution in [2.24, 2.45) is 0 Å². The maximum atomic E-state index is 12.6. The fourth-order valence-corrected chi connectivity index (χ4v) is 5.92. The van der Waals surface area contributed by atoms with Crippen LogP contribution in [0.4, 0.5) is 0 Å². The summed E-state index contributed by atoms with van der Waals surface area (Å²) in [6.07, 6.45) is 18.8. The molecule has 9 heteroatoms. The van der Waals surface area contributed by atoms with Gasteiger partial charge >= 0.3 is 0 Å². The van der Waals surface area contributed by atoms with Gasteiger partial charge in [0.05, 0.1) is 25.4 Å². The zero-order chi connectivity index (χ0) is 32.4. The Morgan fingerprint density at radius 2 is 1.14 bits per heavy atom. The number of aliphatic hydroxyl groups is 5. The van der Waals surface area contributed by atoms with Crippen molar-refractivity contribution in [1.29, 1.82) is 0 Å². The molecule has 0 aromatic carbocycles. The van der Waals surface area contributed by atoms with Gasteiger partial charge in [0.1, 0.15) is 24.4 Å². The minimum atomic E-state index is -1.54. The third-order valence-electron chi connectivity index (χ3n) is 8.96. The fraction of sp³-hybridized carbons (Fsp3) is 0.971. The van der Waals surface area contributed by atoms with Gasteiger partial charge in [0, 0.05) is 6.42 Å². The Labute approximate surface area is 268 Å². The molecule has 1 aliphatic heterocycles. The van der Waals surface area contributed by atoms with E-state index in [0.717, 1.165) is 44.9 Å². The lowest BCUT2D eigenvalue weighted by Gasteiger charge is -2.40. The quantitative estimate of drug-likeness (QED) is 0.0580. The van der Waals surface area contributed by atoms with Gasteiger partial charge in [-0.3, -0.25) is 4.79 Å². The van der Waals surface area contributed by atoms with Crippen LogP contribution in [0.3, 0.4) is 0 Å². The fourth-order valence-electron chi connectivity index (χ4n) is 5.92. The van der Waals surface area contributed by atoms with Crippen molar-refractivity contribution in [1.82, 2.24) is 5.32 Å². The van der Waals surface area contributed by atoms with Crippen molar-refractivity contribution in [2.75, 3.05) is 13.2 Å². The molecule has 7 unspecified atom stereocenters. The van der Waals surface area contributed by atoms with Crippen LogP contribution in [0.1, 0.15) is 162 Å². The number of nitrogens with one attached hydrogen (secondary N) is 1. The summed E-state index contributed by atoms with van der Waals surface area (Å²) in [5, 5.41) is 53.6. The van der Waals surface area contributed by atoms with Crippen LogP contribution in [0.2, 0.25) is 0 Å². The van der Waals surface area contributed by atoms with E-state index in [0.29, 0.717) is 12.8 Å². The molecule has 44 heavy (non-hydrogen) atoms. The third kappa shape index (κ3) is 19.0. The van der Waals surface area contributed by atoms with Crippen molar-refractivity contribution in [3.63, 3.8) is 0 Å². The lowest BCUT2D eigenvalue weighted by Crippen LogP contribution is -2.60. The van der Waals surface area contributed by atoms with Crippen molar-refractivity contribution in [2.45, 2.75) is 204 Å². The van der Waals surface area contributed by atoms with E-state index in [1.165, 1.54) is 89.9 Å². The van der Waals surface area contributed by atoms with E-state index in [9.17, 15) is 30.3 Å². The zero-order valence-electron chi connectivity index (χ0n) is 28.2. The standard InChI is InChI=1S/C35H69NO8/c1-3-5-7-9-10-11-12-13-14-15-16-17-18-19-20-21-22-24-29(38)28(36-31(39)25-23-8-6-4-2)27-43-35-34(42)33(41)32(40)30(26-37)44-35/h28-30,32-35,37-38,40-42H,3-27H2,1-2H3,(H,36,39). The highest BCUT2D eigenvalue weighted by atomic mass is 16.7. The van der Waals surface area contributed by atoms with Crippen LogP contribution in [0.15, 0.2) is 0 Å². The summed E-state index contributed by atoms with van der Waals surface area (Å²) in [6, 6.07) is -0.706. The van der Waals surface area contributed by atoms with Gasteiger partial charge < -0.3 is 40.3 Å². The maximum Gasteiger partial charge on any atom is 0.220 e. The Kier molecular flexibility index (Phi) is 25.6. The second kappa shape index (κ2) is 27.3. The summed E-state index contributed by atoms with van der Waals surface area (Å²) in [5.74, 6) is -0.162. The Morgan fingerprint density at radius 3 is 1.61 bits per heavy atom. The number of hydrogen-bond donors (Lipinski definition) is 6. The molecule has 1 saturated heterocycles. The Hall–Kier alpha value is -0.810. The highest BCUT2D eigenvalue weighted by Crippen LogP contribution is 2.23. The molecule has 7 atom stereocenters. The van der Waals surface area contributed by atoms with Gasteiger partial charge in [0.2, 0.25) is 5.91 Å². The first-order chi connectivity index (χ1) is 21.3. The largest absolute Gasteiger partial charge is 0.394 e. The minimum Gasteiger partial charge on any atom is -0.394 e. The lowest BCUT2D eigenvalue weighted by molar-refractivity contribution is -0.302. The summed E-state index contributed by atoms with van der Waals surface area (Å²) in [4.78, 5) is 12.6. The number of aliphatic hydroxyl groups excluding tert-OH is 5. The van der Waals surface area contributed by atoms with Gasteiger partial charge in [-0.25, -0.2) is 0 Å². The van der Waals surface area contributed by atoms with Gasteiger partial charge in [-0.1, -0.05) is 142 Å². The number of ether oxygens (including phenoxy) is 2. The second-order valence-corrected chi connectivity index (χ2v) is 13.0. The van der Waals surface area contributed by atoms with Crippen molar-refractivity contribution < 1.29 is 39.8 Å². The zero-order valence-corrected chi connectivity index (χ0v) is 28.2. The topological polar surface area (TPSA) is 149 Å². The highest BCUT2D eigenvalue weighted by Gasteiger charge is 2.44. The first-order valence-corrected chi connectivity index (χ1v) is 18.2. The molecule has 0 aromatic rings. The molecule has 0 radical (unpaired) electrons. The van der Waals surface area contributed by atoms with Gasteiger partial charge in [-0.15, -0.1) is 0 Å². The van der Waals surface area contributed by atoms with Gasteiger partial charge in [0.15, 0.2) is 6.29 Å². The molecule has 6 N–H and O–H groups in total. The van der Waals surface area contributed by atoms with Crippen LogP contribution in [-0.2, 0) is 14.3 Å². The summed E-state index contributed by atoms with van der Waals surface area (Å²) in [5.41, 5.74) is 0. The summed E-state index contributed by atoms with van der Waals surface area (Å²) >= 11 is 0. The molecule has 1 rings (SSSR count). The van der Waals surface area contributed by atoms with Crippen molar-refractivity contribution in [3.8, 4) is 0 Å². The Morgan fingerprint density at radius 1 is 0.682 bits per heavy atom. The van der Waals surface area contributed by atoms with E-state index in [4.69, 9.17) is 9.47 Å². The molecule has 0 aliphatic carbocycles. The second-order valence-electron chi connectivity index (χ2n) is 13.0. The maximum absolute atomic E-state index is 12.6. The number of carbonyl (C=O) groups is 1. The molecule has 1 heterocycles. The molecule has 262 valence electrons. The van der Waals surface area contributed by atoms with E-state index >= 15 is 0 Å². The smallest absolute Gasteiger partial charge is 0.220 e. The summed E-state index contributed by atoms with van der Waals surface area (Å²) in [7, 11) is 0. The van der Waals surface area contributed by atoms with Crippen LogP contribution < -0.4 is 5.32 Å². The number of carbonyl (C=O) groups excluding carboxylic acids is 1. The highest BCUT2D eigenvalue weighted by molar-refractivity contribution is 5.76. The van der Waals surface area contributed by atoms with E-state index in [1.807, 2.05) is 0 Å². The average molecular weight is 632 g/mol. The van der Waals surface area contributed by atoms with Gasteiger partial charge in [-0.2, -0.15) is 0 Å². The number of unbranched alkanes of at least 4 members (excludes halogenated alkanes) is 19. The molecule has 1 aliphatic rings. The predicted octanol–water partition coefficient (Wildman–Crippen LogP) is 5.66. The molecular formula is C35H69NO8. The molecule has 0 aromatic heterocycles. The van der Waals surface area contributed by atoms with Crippen molar-refractivity contribution in [3.05, 3.63) is 0 Å². The lowest BCUT2D eigenvalue weighted by atomic mass is 9.99. The summed E-state index contributed by atoms with van der Waals surface area (Å²) < 4.78 is 11.1. The van der Waals surface area contributed by atoms with Crippen LogP contribution in [0.5, 0.6) is 0 Å². The van der Waals surface area contributed by atoms with E-state index in [2.05, 4.69) is 19.2 Å². The molecule has 1 amide bonds. The van der Waals surface area contributed by atoms with Gasteiger partial charge in [0.25, 0.3) is 0 Å². The van der Waals surface area contributed by atoms with Crippen molar-refractivity contribution >= 4 is 5.91 Å². The van der Waals surface area contributed by atoms with Crippen LogP contribution in [0.25, 0.3) is 0 Å². The van der Waals surface area contributed by atoms with E-state index in [1.54, 1.807) is 0 Å². The molecular weight excluding hydrogens is 562 g/mol. The SMILES string of the molecule is CCCCCCCCCCCCCCCCCCCC(O)C(COC1OC(CO)C(O)C(O)C1O)NC(=O)CCCCCC. The number of amides is 1. The first kappa shape index (κ1) is 41.2. The Balaban J connectivity index is 2.30. The first-order valence-electron chi connectivity index (χ1n) is 18.2. The molecule has 1 fully saturated rings. The number of hydrogen-bond acceptors (Lipinski definition) is 8. The van der Waals surface area contributed by atoms with Crippen LogP contribution >= 0.6 is 0 Å². The normalized spacial score (nSPS) is 23.5. The van der Waals surface area contributed by atoms with E-state index in [-0.39, 0.29) is 12.5 Å². The minimum absolute atomic E-state index is 0.135. The van der Waals surface area contributed by atoms with Gasteiger partial charge in [-0.05, 0) is 12.8 Å². The van der Waals surface area contributed by atoms with E-state index < -0.39 is 49.5 Å². The predicted molar refractivity (Wildman–Crippen MR) is 175 cm³/mol.